The Kier molecular flexibility index (Phi) is 3.71. The average molecular weight is 279 g/mol. The molecule has 0 bridgehead atoms. The molecule has 0 aliphatic carbocycles. The van der Waals surface area contributed by atoms with E-state index in [0.717, 1.165) is 17.9 Å². The van der Waals surface area contributed by atoms with E-state index in [4.69, 9.17) is 0 Å². The first-order chi connectivity index (χ1) is 9.00. The molecule has 0 aliphatic heterocycles. The van der Waals surface area contributed by atoms with Crippen LogP contribution in [0, 0.1) is 0 Å². The lowest BCUT2D eigenvalue weighted by Crippen LogP contribution is -2.23. The molecule has 0 fully saturated rings. The van der Waals surface area contributed by atoms with Crippen molar-refractivity contribution in [3.8, 4) is 0 Å². The highest BCUT2D eigenvalue weighted by Gasteiger charge is 2.16. The third-order valence-corrected chi connectivity index (χ3v) is 3.72. The van der Waals surface area contributed by atoms with Crippen LogP contribution in [0.5, 0.6) is 0 Å². The molecule has 0 saturated carbocycles. The van der Waals surface area contributed by atoms with Crippen molar-refractivity contribution in [2.24, 2.45) is 0 Å². The van der Waals surface area contributed by atoms with Crippen LogP contribution < -0.4 is 4.72 Å². The molecule has 19 heavy (non-hydrogen) atoms. The van der Waals surface area contributed by atoms with Crippen LogP contribution in [-0.4, -0.2) is 27.2 Å². The summed E-state index contributed by atoms with van der Waals surface area (Å²) in [4.78, 5) is 11.0. The SMILES string of the molecule is COC(=O)CS(=O)(=O)Nc1ccc2ccccc2c1. The summed E-state index contributed by atoms with van der Waals surface area (Å²) < 4.78 is 30.1. The number of hydrogen-bond donors (Lipinski definition) is 1. The molecule has 0 atom stereocenters. The fourth-order valence-corrected chi connectivity index (χ4v) is 2.67. The van der Waals surface area contributed by atoms with Crippen molar-refractivity contribution in [2.75, 3.05) is 17.6 Å². The van der Waals surface area contributed by atoms with Gasteiger partial charge in [-0.05, 0) is 22.9 Å². The highest BCUT2D eigenvalue weighted by Crippen LogP contribution is 2.19. The van der Waals surface area contributed by atoms with E-state index in [9.17, 15) is 13.2 Å². The topological polar surface area (TPSA) is 72.5 Å². The van der Waals surface area contributed by atoms with E-state index < -0.39 is 21.7 Å². The predicted octanol–water partition coefficient (Wildman–Crippen LogP) is 1.75. The summed E-state index contributed by atoms with van der Waals surface area (Å²) in [7, 11) is -2.59. The summed E-state index contributed by atoms with van der Waals surface area (Å²) in [5.74, 6) is -1.50. The largest absolute Gasteiger partial charge is 0.468 e. The minimum atomic E-state index is -3.74. The van der Waals surface area contributed by atoms with E-state index in [0.29, 0.717) is 5.69 Å². The molecule has 0 amide bonds. The second-order valence-electron chi connectivity index (χ2n) is 4.00. The summed E-state index contributed by atoms with van der Waals surface area (Å²) in [6.07, 6.45) is 0. The van der Waals surface area contributed by atoms with Crippen molar-refractivity contribution in [2.45, 2.75) is 0 Å². The number of ether oxygens (including phenoxy) is 1. The van der Waals surface area contributed by atoms with E-state index in [-0.39, 0.29) is 0 Å². The van der Waals surface area contributed by atoms with Crippen LogP contribution in [0.2, 0.25) is 0 Å². The number of hydrogen-bond acceptors (Lipinski definition) is 4. The van der Waals surface area contributed by atoms with Gasteiger partial charge in [-0.25, -0.2) is 8.42 Å². The number of nitrogens with one attached hydrogen (secondary N) is 1. The van der Waals surface area contributed by atoms with Gasteiger partial charge in [0, 0.05) is 5.69 Å². The maximum Gasteiger partial charge on any atom is 0.322 e. The number of benzene rings is 2. The molecule has 0 aromatic heterocycles. The molecule has 1 N–H and O–H groups in total. The van der Waals surface area contributed by atoms with Crippen LogP contribution in [0.25, 0.3) is 10.8 Å². The molecular weight excluding hydrogens is 266 g/mol. The first-order valence-electron chi connectivity index (χ1n) is 5.56. The fraction of sp³-hybridized carbons (Fsp3) is 0.154. The van der Waals surface area contributed by atoms with Crippen molar-refractivity contribution >= 4 is 32.5 Å². The van der Waals surface area contributed by atoms with Gasteiger partial charge in [0.15, 0.2) is 5.75 Å². The highest BCUT2D eigenvalue weighted by atomic mass is 32.2. The van der Waals surface area contributed by atoms with Crippen molar-refractivity contribution in [1.29, 1.82) is 0 Å². The van der Waals surface area contributed by atoms with Crippen LogP contribution in [0.3, 0.4) is 0 Å². The van der Waals surface area contributed by atoms with Crippen LogP contribution in [-0.2, 0) is 19.6 Å². The Hall–Kier alpha value is -2.08. The number of fused-ring (bicyclic) bond motifs is 1. The van der Waals surface area contributed by atoms with Crippen molar-refractivity contribution in [1.82, 2.24) is 0 Å². The predicted molar refractivity (Wildman–Crippen MR) is 73.4 cm³/mol. The number of methoxy groups -OCH3 is 1. The fourth-order valence-electron chi connectivity index (χ4n) is 1.68. The van der Waals surface area contributed by atoms with Crippen LogP contribution in [0.1, 0.15) is 0 Å². The van der Waals surface area contributed by atoms with Gasteiger partial charge >= 0.3 is 5.97 Å². The van der Waals surface area contributed by atoms with Gasteiger partial charge in [-0.15, -0.1) is 0 Å². The summed E-state index contributed by atoms with van der Waals surface area (Å²) in [5, 5.41) is 1.93. The second-order valence-corrected chi connectivity index (χ2v) is 5.72. The maximum atomic E-state index is 11.7. The molecule has 0 radical (unpaired) electrons. The molecule has 2 aromatic rings. The minimum Gasteiger partial charge on any atom is -0.468 e. The zero-order valence-corrected chi connectivity index (χ0v) is 11.1. The number of sulfonamides is 1. The lowest BCUT2D eigenvalue weighted by atomic mass is 10.1. The van der Waals surface area contributed by atoms with E-state index in [1.807, 2.05) is 30.3 Å². The zero-order valence-electron chi connectivity index (χ0n) is 10.3. The molecule has 2 rings (SSSR count). The Labute approximate surface area is 111 Å². The van der Waals surface area contributed by atoms with Crippen molar-refractivity contribution in [3.63, 3.8) is 0 Å². The van der Waals surface area contributed by atoms with Gasteiger partial charge in [-0.2, -0.15) is 0 Å². The van der Waals surface area contributed by atoms with E-state index in [1.165, 1.54) is 0 Å². The van der Waals surface area contributed by atoms with Gasteiger partial charge in [0.05, 0.1) is 7.11 Å². The monoisotopic (exact) mass is 279 g/mol. The normalized spacial score (nSPS) is 11.2. The third kappa shape index (κ3) is 3.45. The summed E-state index contributed by atoms with van der Waals surface area (Å²) in [5.41, 5.74) is 0.419. The molecular formula is C13H13NO4S. The molecule has 0 unspecified atom stereocenters. The minimum absolute atomic E-state index is 0.419. The molecule has 5 nitrogen and oxygen atoms in total. The molecule has 0 saturated heterocycles. The van der Waals surface area contributed by atoms with Crippen LogP contribution in [0.4, 0.5) is 5.69 Å². The number of carbonyl (C=O) groups excluding carboxylic acids is 1. The first kappa shape index (κ1) is 13.4. The molecule has 0 heterocycles. The Morgan fingerprint density at radius 3 is 2.53 bits per heavy atom. The van der Waals surface area contributed by atoms with Crippen molar-refractivity contribution in [3.05, 3.63) is 42.5 Å². The Balaban J connectivity index is 2.23. The lowest BCUT2D eigenvalue weighted by molar-refractivity contribution is -0.137. The van der Waals surface area contributed by atoms with Gasteiger partial charge in [0.1, 0.15) is 0 Å². The Bertz CT molecular complexity index is 709. The quantitative estimate of drug-likeness (QED) is 0.865. The molecule has 0 spiro atoms. The van der Waals surface area contributed by atoms with Crippen LogP contribution in [0.15, 0.2) is 42.5 Å². The Morgan fingerprint density at radius 1 is 1.16 bits per heavy atom. The lowest BCUT2D eigenvalue weighted by Gasteiger charge is -2.08. The van der Waals surface area contributed by atoms with Gasteiger partial charge in [0.2, 0.25) is 10.0 Å². The van der Waals surface area contributed by atoms with Crippen LogP contribution >= 0.6 is 0 Å². The summed E-state index contributed by atoms with van der Waals surface area (Å²) >= 11 is 0. The molecule has 100 valence electrons. The summed E-state index contributed by atoms with van der Waals surface area (Å²) in [6.45, 7) is 0. The first-order valence-corrected chi connectivity index (χ1v) is 7.21. The number of esters is 1. The zero-order chi connectivity index (χ0) is 13.9. The maximum absolute atomic E-state index is 11.7. The second kappa shape index (κ2) is 5.27. The van der Waals surface area contributed by atoms with E-state index in [2.05, 4.69) is 9.46 Å². The third-order valence-electron chi connectivity index (χ3n) is 2.56. The molecule has 0 aliphatic rings. The van der Waals surface area contributed by atoms with Gasteiger partial charge in [-0.3, -0.25) is 9.52 Å². The standard InChI is InChI=1S/C13H13NO4S/c1-18-13(15)9-19(16,17)14-12-7-6-10-4-2-3-5-11(10)8-12/h2-8,14H,9H2,1H3. The van der Waals surface area contributed by atoms with Gasteiger partial charge in [0.25, 0.3) is 0 Å². The number of carbonyl (C=O) groups is 1. The molecule has 2 aromatic carbocycles. The summed E-state index contributed by atoms with van der Waals surface area (Å²) in [6, 6.07) is 12.8. The van der Waals surface area contributed by atoms with E-state index >= 15 is 0 Å². The highest BCUT2D eigenvalue weighted by molar-refractivity contribution is 7.93. The van der Waals surface area contributed by atoms with Crippen molar-refractivity contribution < 1.29 is 17.9 Å². The number of anilines is 1. The van der Waals surface area contributed by atoms with Gasteiger partial charge < -0.3 is 4.74 Å². The van der Waals surface area contributed by atoms with E-state index in [1.54, 1.807) is 12.1 Å². The molecule has 6 heteroatoms. The number of rotatable bonds is 4. The Morgan fingerprint density at radius 2 is 1.84 bits per heavy atom. The smallest absolute Gasteiger partial charge is 0.322 e. The van der Waals surface area contributed by atoms with Gasteiger partial charge in [-0.1, -0.05) is 30.3 Å². The average Bonchev–Trinajstić information content (AvgIpc) is 2.37.